The van der Waals surface area contributed by atoms with E-state index in [0.29, 0.717) is 22.6 Å². The minimum absolute atomic E-state index is 0.443. The summed E-state index contributed by atoms with van der Waals surface area (Å²) in [4.78, 5) is 0. The lowest BCUT2D eigenvalue weighted by molar-refractivity contribution is 0.0289. The van der Waals surface area contributed by atoms with Crippen LogP contribution in [0.4, 0.5) is 0 Å². The summed E-state index contributed by atoms with van der Waals surface area (Å²) in [7, 11) is 3.07. The van der Waals surface area contributed by atoms with Crippen molar-refractivity contribution in [1.29, 1.82) is 0 Å². The Balaban J connectivity index is 2.42. The van der Waals surface area contributed by atoms with Crippen molar-refractivity contribution in [2.75, 3.05) is 20.8 Å². The summed E-state index contributed by atoms with van der Waals surface area (Å²) in [5, 5.41) is 11.1. The molecule has 23 heavy (non-hydrogen) atoms. The first-order chi connectivity index (χ1) is 11.0. The molecule has 0 aliphatic carbocycles. The van der Waals surface area contributed by atoms with Crippen molar-refractivity contribution in [3.8, 4) is 11.5 Å². The van der Waals surface area contributed by atoms with Gasteiger partial charge in [-0.05, 0) is 35.4 Å². The van der Waals surface area contributed by atoms with Crippen LogP contribution >= 0.6 is 0 Å². The van der Waals surface area contributed by atoms with Gasteiger partial charge in [-0.3, -0.25) is 4.18 Å². The Morgan fingerprint density at radius 1 is 0.957 bits per heavy atom. The van der Waals surface area contributed by atoms with Gasteiger partial charge in [-0.1, -0.05) is 24.3 Å². The van der Waals surface area contributed by atoms with Crippen molar-refractivity contribution in [2.45, 2.75) is 5.60 Å². The standard InChI is InChI=1S/C16H18O6S/c1-20-14-7-3-12(4-8-14)16(17,11-22-23(18)19)13-5-9-15(21-2)10-6-13/h3-10,17H,11H2,1-2H3,(H,18,19)/p-1. The van der Waals surface area contributed by atoms with E-state index in [1.807, 2.05) is 0 Å². The molecule has 1 unspecified atom stereocenters. The molecule has 2 aromatic carbocycles. The largest absolute Gasteiger partial charge is 0.750 e. The maximum atomic E-state index is 11.1. The van der Waals surface area contributed by atoms with Crippen molar-refractivity contribution in [3.05, 3.63) is 59.7 Å². The molecule has 1 N–H and O–H groups in total. The highest BCUT2D eigenvalue weighted by Gasteiger charge is 2.32. The van der Waals surface area contributed by atoms with Gasteiger partial charge in [-0.2, -0.15) is 0 Å². The van der Waals surface area contributed by atoms with Crippen LogP contribution < -0.4 is 9.47 Å². The molecule has 0 aliphatic rings. The van der Waals surface area contributed by atoms with E-state index in [0.717, 1.165) is 0 Å². The Labute approximate surface area is 137 Å². The topological polar surface area (TPSA) is 88.0 Å². The fourth-order valence-electron chi connectivity index (χ4n) is 2.20. The summed E-state index contributed by atoms with van der Waals surface area (Å²) in [5.74, 6) is 1.25. The lowest BCUT2D eigenvalue weighted by Crippen LogP contribution is -2.33. The molecule has 2 aromatic rings. The van der Waals surface area contributed by atoms with Crippen LogP contribution in [0.1, 0.15) is 11.1 Å². The first kappa shape index (κ1) is 17.4. The predicted molar refractivity (Wildman–Crippen MR) is 83.9 cm³/mol. The summed E-state index contributed by atoms with van der Waals surface area (Å²) < 4.78 is 36.3. The lowest BCUT2D eigenvalue weighted by Gasteiger charge is -2.29. The molecule has 0 radical (unpaired) electrons. The highest BCUT2D eigenvalue weighted by Crippen LogP contribution is 2.32. The van der Waals surface area contributed by atoms with Crippen molar-refractivity contribution in [3.63, 3.8) is 0 Å². The second-order valence-electron chi connectivity index (χ2n) is 4.78. The molecule has 0 spiro atoms. The molecule has 7 heteroatoms. The number of benzene rings is 2. The first-order valence-electron chi connectivity index (χ1n) is 6.73. The van der Waals surface area contributed by atoms with E-state index in [4.69, 9.17) is 9.47 Å². The van der Waals surface area contributed by atoms with E-state index >= 15 is 0 Å². The maximum absolute atomic E-state index is 11.1. The zero-order valence-corrected chi connectivity index (χ0v) is 13.5. The average molecular weight is 337 g/mol. The van der Waals surface area contributed by atoms with Gasteiger partial charge in [0, 0.05) is 0 Å². The Hall–Kier alpha value is -1.93. The van der Waals surface area contributed by atoms with Gasteiger partial charge in [0.1, 0.15) is 23.7 Å². The number of hydrogen-bond acceptors (Lipinski definition) is 6. The van der Waals surface area contributed by atoms with Crippen LogP contribution in [-0.4, -0.2) is 34.7 Å². The summed E-state index contributed by atoms with van der Waals surface area (Å²) in [6.45, 7) is -0.443. The molecule has 2 rings (SSSR count). The third-order valence-corrected chi connectivity index (χ3v) is 3.81. The molecule has 0 saturated carbocycles. The average Bonchev–Trinajstić information content (AvgIpc) is 2.59. The number of methoxy groups -OCH3 is 2. The third kappa shape index (κ3) is 4.08. The SMILES string of the molecule is COc1ccc(C(O)(COS(=O)[O-])c2ccc(OC)cc2)cc1. The van der Waals surface area contributed by atoms with Gasteiger partial charge in [0.25, 0.3) is 0 Å². The zero-order chi connectivity index (χ0) is 16.9. The minimum Gasteiger partial charge on any atom is -0.750 e. The molecule has 0 aromatic heterocycles. The number of aliphatic hydroxyl groups is 1. The predicted octanol–water partition coefficient (Wildman–Crippen LogP) is 1.75. The smallest absolute Gasteiger partial charge is 0.139 e. The summed E-state index contributed by atoms with van der Waals surface area (Å²) in [6, 6.07) is 13.3. The lowest BCUT2D eigenvalue weighted by atomic mass is 9.87. The number of rotatable bonds is 7. The normalized spacial score (nSPS) is 12.7. The molecule has 0 fully saturated rings. The molecule has 0 amide bonds. The van der Waals surface area contributed by atoms with Crippen LogP contribution in [0.5, 0.6) is 11.5 Å². The summed E-state index contributed by atoms with van der Waals surface area (Å²) in [5.41, 5.74) is -0.665. The van der Waals surface area contributed by atoms with Gasteiger partial charge in [-0.15, -0.1) is 0 Å². The minimum atomic E-state index is -2.73. The molecule has 124 valence electrons. The van der Waals surface area contributed by atoms with Crippen LogP contribution in [0.15, 0.2) is 48.5 Å². The Kier molecular flexibility index (Phi) is 5.73. The van der Waals surface area contributed by atoms with E-state index in [1.54, 1.807) is 48.5 Å². The zero-order valence-electron chi connectivity index (χ0n) is 12.7. The molecule has 0 bridgehead atoms. The van der Waals surface area contributed by atoms with Gasteiger partial charge in [0.05, 0.1) is 25.6 Å². The molecule has 0 heterocycles. The summed E-state index contributed by atoms with van der Waals surface area (Å²) in [6.07, 6.45) is 0. The van der Waals surface area contributed by atoms with Gasteiger partial charge in [-0.25, -0.2) is 4.21 Å². The van der Waals surface area contributed by atoms with Crippen LogP contribution in [0.2, 0.25) is 0 Å². The van der Waals surface area contributed by atoms with Crippen LogP contribution in [-0.2, 0) is 21.1 Å². The fourth-order valence-corrected chi connectivity index (χ4v) is 2.47. The van der Waals surface area contributed by atoms with Gasteiger partial charge < -0.3 is 19.1 Å². The number of ether oxygens (including phenoxy) is 2. The van der Waals surface area contributed by atoms with E-state index in [-0.39, 0.29) is 0 Å². The Bertz CT molecular complexity index is 606. The van der Waals surface area contributed by atoms with E-state index < -0.39 is 23.6 Å². The Morgan fingerprint density at radius 2 is 1.35 bits per heavy atom. The molecule has 0 aliphatic heterocycles. The van der Waals surface area contributed by atoms with Crippen molar-refractivity contribution < 1.29 is 27.5 Å². The van der Waals surface area contributed by atoms with Crippen molar-refractivity contribution in [1.82, 2.24) is 0 Å². The quantitative estimate of drug-likeness (QED) is 0.775. The second-order valence-corrected chi connectivity index (χ2v) is 5.43. The summed E-state index contributed by atoms with van der Waals surface area (Å²) >= 11 is -2.73. The monoisotopic (exact) mass is 337 g/mol. The van der Waals surface area contributed by atoms with Crippen LogP contribution in [0.25, 0.3) is 0 Å². The molecule has 1 atom stereocenters. The number of hydrogen-bond donors (Lipinski definition) is 1. The third-order valence-electron chi connectivity index (χ3n) is 3.50. The molecule has 0 saturated heterocycles. The van der Waals surface area contributed by atoms with Crippen molar-refractivity contribution >= 4 is 11.4 Å². The van der Waals surface area contributed by atoms with Crippen LogP contribution in [0, 0.1) is 0 Å². The van der Waals surface area contributed by atoms with E-state index in [9.17, 15) is 13.9 Å². The molecular formula is C16H17O6S-. The highest BCUT2D eigenvalue weighted by molar-refractivity contribution is 7.74. The van der Waals surface area contributed by atoms with Crippen molar-refractivity contribution in [2.24, 2.45) is 0 Å². The van der Waals surface area contributed by atoms with Gasteiger partial charge in [0.2, 0.25) is 0 Å². The van der Waals surface area contributed by atoms with Gasteiger partial charge in [0.15, 0.2) is 0 Å². The van der Waals surface area contributed by atoms with E-state index in [2.05, 4.69) is 4.18 Å². The second kappa shape index (κ2) is 7.56. The highest BCUT2D eigenvalue weighted by atomic mass is 32.2. The molecule has 6 nitrogen and oxygen atoms in total. The van der Waals surface area contributed by atoms with Crippen LogP contribution in [0.3, 0.4) is 0 Å². The molecular weight excluding hydrogens is 320 g/mol. The maximum Gasteiger partial charge on any atom is 0.139 e. The van der Waals surface area contributed by atoms with E-state index in [1.165, 1.54) is 14.2 Å². The van der Waals surface area contributed by atoms with Gasteiger partial charge >= 0.3 is 0 Å². The first-order valence-corrected chi connectivity index (χ1v) is 7.73. The fraction of sp³-hybridized carbons (Fsp3) is 0.250. The Morgan fingerprint density at radius 3 is 1.65 bits per heavy atom.